The summed E-state index contributed by atoms with van der Waals surface area (Å²) < 4.78 is 6.94. The van der Waals surface area contributed by atoms with E-state index in [-0.39, 0.29) is 24.6 Å². The number of nitriles is 1. The lowest BCUT2D eigenvalue weighted by Crippen LogP contribution is -2.38. The molecule has 0 radical (unpaired) electrons. The molecule has 1 aromatic carbocycles. The first kappa shape index (κ1) is 20.3. The number of ether oxygens (including phenoxy) is 1. The lowest BCUT2D eigenvalue weighted by Gasteiger charge is -2.20. The fourth-order valence-electron chi connectivity index (χ4n) is 2.75. The summed E-state index contributed by atoms with van der Waals surface area (Å²) in [7, 11) is 1.58. The number of benzene rings is 1. The summed E-state index contributed by atoms with van der Waals surface area (Å²) in [5, 5.41) is 15.2. The van der Waals surface area contributed by atoms with Crippen LogP contribution in [-0.2, 0) is 9.53 Å². The summed E-state index contributed by atoms with van der Waals surface area (Å²) in [4.78, 5) is 27.6. The fourth-order valence-corrected chi connectivity index (χ4v) is 3.43. The third kappa shape index (κ3) is 4.70. The Bertz CT molecular complexity index is 1020. The van der Waals surface area contributed by atoms with Crippen LogP contribution in [0.5, 0.6) is 0 Å². The second-order valence-corrected chi connectivity index (χ2v) is 7.30. The van der Waals surface area contributed by atoms with Gasteiger partial charge in [-0.3, -0.25) is 4.79 Å². The molecule has 3 aromatic rings. The quantitative estimate of drug-likeness (QED) is 0.558. The van der Waals surface area contributed by atoms with Gasteiger partial charge in [0.1, 0.15) is 5.69 Å². The highest BCUT2D eigenvalue weighted by Crippen LogP contribution is 2.26. The summed E-state index contributed by atoms with van der Waals surface area (Å²) >= 11 is 1.52. The van der Waals surface area contributed by atoms with Gasteiger partial charge in [0.15, 0.2) is 11.8 Å². The molecule has 0 spiro atoms. The SMILES string of the molecule is C[C@H](OC(=O)c1cc(-c2cccs2)nn1-c1ccccc1)C(=O)N(C)CCC#N. The van der Waals surface area contributed by atoms with Gasteiger partial charge in [-0.2, -0.15) is 10.4 Å². The Morgan fingerprint density at radius 2 is 2.03 bits per heavy atom. The molecule has 0 fully saturated rings. The van der Waals surface area contributed by atoms with Crippen LogP contribution in [0.15, 0.2) is 53.9 Å². The van der Waals surface area contributed by atoms with Crippen molar-refractivity contribution in [2.24, 2.45) is 0 Å². The number of carbonyl (C=O) groups excluding carboxylic acids is 2. The molecule has 0 saturated heterocycles. The smallest absolute Gasteiger partial charge is 0.357 e. The molecule has 7 nitrogen and oxygen atoms in total. The molecule has 3 rings (SSSR count). The summed E-state index contributed by atoms with van der Waals surface area (Å²) in [6, 6.07) is 16.8. The molecule has 29 heavy (non-hydrogen) atoms. The van der Waals surface area contributed by atoms with Gasteiger partial charge in [0, 0.05) is 19.7 Å². The van der Waals surface area contributed by atoms with Crippen LogP contribution in [-0.4, -0.2) is 46.3 Å². The zero-order valence-corrected chi connectivity index (χ0v) is 16.9. The second-order valence-electron chi connectivity index (χ2n) is 6.35. The third-order valence-electron chi connectivity index (χ3n) is 4.26. The maximum absolute atomic E-state index is 12.9. The fraction of sp³-hybridized carbons (Fsp3) is 0.238. The van der Waals surface area contributed by atoms with Gasteiger partial charge in [-0.1, -0.05) is 24.3 Å². The van der Waals surface area contributed by atoms with E-state index in [1.807, 2.05) is 53.9 Å². The van der Waals surface area contributed by atoms with E-state index in [1.54, 1.807) is 13.1 Å². The number of likely N-dealkylation sites (N-methyl/N-ethyl adjacent to an activating group) is 1. The third-order valence-corrected chi connectivity index (χ3v) is 5.15. The first-order chi connectivity index (χ1) is 14.0. The van der Waals surface area contributed by atoms with Gasteiger partial charge in [-0.25, -0.2) is 9.48 Å². The molecule has 0 aliphatic carbocycles. The molecule has 2 heterocycles. The summed E-state index contributed by atoms with van der Waals surface area (Å²) in [5.41, 5.74) is 1.60. The van der Waals surface area contributed by atoms with Crippen molar-refractivity contribution in [1.82, 2.24) is 14.7 Å². The van der Waals surface area contributed by atoms with Crippen molar-refractivity contribution in [2.45, 2.75) is 19.4 Å². The van der Waals surface area contributed by atoms with E-state index in [4.69, 9.17) is 10.00 Å². The van der Waals surface area contributed by atoms with Crippen molar-refractivity contribution in [3.05, 3.63) is 59.6 Å². The Balaban J connectivity index is 1.86. The van der Waals surface area contributed by atoms with E-state index in [0.717, 1.165) is 4.88 Å². The topological polar surface area (TPSA) is 88.2 Å². The van der Waals surface area contributed by atoms with Gasteiger partial charge in [-0.05, 0) is 30.5 Å². The van der Waals surface area contributed by atoms with Crippen LogP contribution in [0, 0.1) is 11.3 Å². The van der Waals surface area contributed by atoms with E-state index in [9.17, 15) is 9.59 Å². The van der Waals surface area contributed by atoms with Crippen LogP contribution in [0.1, 0.15) is 23.8 Å². The van der Waals surface area contributed by atoms with Gasteiger partial charge >= 0.3 is 5.97 Å². The molecule has 0 N–H and O–H groups in total. The van der Waals surface area contributed by atoms with Gasteiger partial charge < -0.3 is 9.64 Å². The predicted octanol–water partition coefficient (Wildman–Crippen LogP) is 3.52. The van der Waals surface area contributed by atoms with E-state index < -0.39 is 12.1 Å². The van der Waals surface area contributed by atoms with Crippen molar-refractivity contribution in [3.63, 3.8) is 0 Å². The highest BCUT2D eigenvalue weighted by Gasteiger charge is 2.25. The number of rotatable bonds is 7. The van der Waals surface area contributed by atoms with Crippen molar-refractivity contribution in [3.8, 4) is 22.3 Å². The molecule has 0 aliphatic heterocycles. The number of carbonyl (C=O) groups is 2. The second kappa shape index (κ2) is 9.17. The van der Waals surface area contributed by atoms with Crippen LogP contribution >= 0.6 is 11.3 Å². The van der Waals surface area contributed by atoms with Crippen molar-refractivity contribution in [2.75, 3.05) is 13.6 Å². The molecule has 0 bridgehead atoms. The van der Waals surface area contributed by atoms with Crippen LogP contribution in [0.25, 0.3) is 16.3 Å². The lowest BCUT2D eigenvalue weighted by molar-refractivity contribution is -0.138. The number of amides is 1. The number of aromatic nitrogens is 2. The molecule has 8 heteroatoms. The first-order valence-corrected chi connectivity index (χ1v) is 9.91. The zero-order chi connectivity index (χ0) is 20.8. The average molecular weight is 408 g/mol. The number of esters is 1. The maximum atomic E-state index is 12.9. The van der Waals surface area contributed by atoms with Gasteiger partial charge in [0.05, 0.1) is 23.1 Å². The largest absolute Gasteiger partial charge is 0.448 e. The Kier molecular flexibility index (Phi) is 6.42. The average Bonchev–Trinajstić information content (AvgIpc) is 3.41. The Morgan fingerprint density at radius 1 is 1.28 bits per heavy atom. The number of thiophene rings is 1. The summed E-state index contributed by atoms with van der Waals surface area (Å²) in [6.07, 6.45) is -0.760. The highest BCUT2D eigenvalue weighted by molar-refractivity contribution is 7.13. The van der Waals surface area contributed by atoms with Crippen LogP contribution < -0.4 is 0 Å². The minimum absolute atomic E-state index is 0.216. The number of hydrogen-bond acceptors (Lipinski definition) is 6. The molecule has 2 aromatic heterocycles. The maximum Gasteiger partial charge on any atom is 0.357 e. The minimum atomic E-state index is -0.976. The van der Waals surface area contributed by atoms with E-state index >= 15 is 0 Å². The summed E-state index contributed by atoms with van der Waals surface area (Å²) in [5.74, 6) is -1.00. The first-order valence-electron chi connectivity index (χ1n) is 9.03. The molecule has 0 saturated carbocycles. The van der Waals surface area contributed by atoms with Crippen LogP contribution in [0.4, 0.5) is 0 Å². The monoisotopic (exact) mass is 408 g/mol. The van der Waals surface area contributed by atoms with Crippen molar-refractivity contribution in [1.29, 1.82) is 5.26 Å². The predicted molar refractivity (Wildman–Crippen MR) is 110 cm³/mol. The van der Waals surface area contributed by atoms with Gasteiger partial charge in [0.2, 0.25) is 0 Å². The normalized spacial score (nSPS) is 11.5. The standard InChI is InChI=1S/C21H20N4O3S/c1-15(20(26)24(2)12-7-11-22)28-21(27)18-14-17(19-10-6-13-29-19)23-25(18)16-8-4-3-5-9-16/h3-6,8-10,13-15H,7,12H2,1-2H3/t15-/m0/s1. The van der Waals surface area contributed by atoms with E-state index in [0.29, 0.717) is 11.4 Å². The number of nitrogens with zero attached hydrogens (tertiary/aromatic N) is 4. The molecular weight excluding hydrogens is 388 g/mol. The summed E-state index contributed by atoms with van der Waals surface area (Å²) in [6.45, 7) is 1.80. The molecular formula is C21H20N4O3S. The Labute approximate surface area is 172 Å². The molecule has 1 amide bonds. The number of hydrogen-bond donors (Lipinski definition) is 0. The molecule has 1 atom stereocenters. The van der Waals surface area contributed by atoms with Crippen LogP contribution in [0.2, 0.25) is 0 Å². The van der Waals surface area contributed by atoms with E-state index in [1.165, 1.54) is 27.8 Å². The van der Waals surface area contributed by atoms with E-state index in [2.05, 4.69) is 5.10 Å². The lowest BCUT2D eigenvalue weighted by atomic mass is 10.3. The Morgan fingerprint density at radius 3 is 2.69 bits per heavy atom. The molecule has 0 aliphatic rings. The number of para-hydroxylation sites is 1. The van der Waals surface area contributed by atoms with Crippen molar-refractivity contribution < 1.29 is 14.3 Å². The molecule has 148 valence electrons. The zero-order valence-electron chi connectivity index (χ0n) is 16.1. The van der Waals surface area contributed by atoms with Gasteiger partial charge in [0.25, 0.3) is 5.91 Å². The Hall–Kier alpha value is -3.44. The highest BCUT2D eigenvalue weighted by atomic mass is 32.1. The van der Waals surface area contributed by atoms with Crippen LogP contribution in [0.3, 0.4) is 0 Å². The van der Waals surface area contributed by atoms with Gasteiger partial charge in [-0.15, -0.1) is 11.3 Å². The molecule has 0 unspecified atom stereocenters. The minimum Gasteiger partial charge on any atom is -0.448 e. The van der Waals surface area contributed by atoms with Crippen molar-refractivity contribution >= 4 is 23.2 Å².